The van der Waals surface area contributed by atoms with Gasteiger partial charge in [0, 0.05) is 39.6 Å². The number of hydrogen-bond acceptors (Lipinski definition) is 5. The lowest BCUT2D eigenvalue weighted by molar-refractivity contribution is -0.129. The molecule has 2 heterocycles. The zero-order valence-electron chi connectivity index (χ0n) is 10.9. The van der Waals surface area contributed by atoms with Gasteiger partial charge in [0.1, 0.15) is 5.82 Å². The van der Waals surface area contributed by atoms with E-state index in [0.717, 1.165) is 44.4 Å². The van der Waals surface area contributed by atoms with Crippen LogP contribution >= 0.6 is 0 Å². The molecule has 1 aliphatic heterocycles. The van der Waals surface area contributed by atoms with Crippen LogP contribution in [0.2, 0.25) is 0 Å². The van der Waals surface area contributed by atoms with Crippen molar-refractivity contribution in [2.45, 2.75) is 13.8 Å². The van der Waals surface area contributed by atoms with Gasteiger partial charge in [-0.3, -0.25) is 4.79 Å². The Bertz CT molecular complexity index is 397. The molecule has 0 radical (unpaired) electrons. The minimum absolute atomic E-state index is 0.142. The Labute approximate surface area is 107 Å². The molecule has 0 saturated carbocycles. The number of rotatable bonds is 3. The van der Waals surface area contributed by atoms with E-state index < -0.39 is 0 Å². The van der Waals surface area contributed by atoms with Gasteiger partial charge < -0.3 is 15.1 Å². The van der Waals surface area contributed by atoms with Crippen LogP contribution in [0, 0.1) is 0 Å². The third-order valence-electron chi connectivity index (χ3n) is 3.06. The van der Waals surface area contributed by atoms with Gasteiger partial charge in [-0.05, 0) is 19.1 Å². The largest absolute Gasteiger partial charge is 0.369 e. The van der Waals surface area contributed by atoms with E-state index in [9.17, 15) is 4.79 Å². The summed E-state index contributed by atoms with van der Waals surface area (Å²) in [5, 5.41) is 11.4. The van der Waals surface area contributed by atoms with Crippen molar-refractivity contribution in [1.82, 2.24) is 15.1 Å². The summed E-state index contributed by atoms with van der Waals surface area (Å²) in [5.41, 5.74) is 0. The van der Waals surface area contributed by atoms with Crippen LogP contribution in [0.15, 0.2) is 12.1 Å². The van der Waals surface area contributed by atoms with Gasteiger partial charge >= 0.3 is 0 Å². The fourth-order valence-electron chi connectivity index (χ4n) is 2.02. The first-order valence-corrected chi connectivity index (χ1v) is 6.28. The maximum Gasteiger partial charge on any atom is 0.219 e. The van der Waals surface area contributed by atoms with E-state index in [2.05, 4.69) is 20.4 Å². The Balaban J connectivity index is 1.95. The summed E-state index contributed by atoms with van der Waals surface area (Å²) >= 11 is 0. The molecule has 1 fully saturated rings. The second-order valence-corrected chi connectivity index (χ2v) is 4.30. The molecule has 0 spiro atoms. The smallest absolute Gasteiger partial charge is 0.219 e. The quantitative estimate of drug-likeness (QED) is 0.849. The Kier molecular flexibility index (Phi) is 3.96. The third kappa shape index (κ3) is 2.88. The van der Waals surface area contributed by atoms with Crippen LogP contribution in [0.25, 0.3) is 0 Å². The van der Waals surface area contributed by atoms with Gasteiger partial charge in [-0.15, -0.1) is 10.2 Å². The second-order valence-electron chi connectivity index (χ2n) is 4.30. The predicted molar refractivity (Wildman–Crippen MR) is 70.7 cm³/mol. The van der Waals surface area contributed by atoms with Crippen LogP contribution < -0.4 is 10.2 Å². The molecule has 6 heteroatoms. The Hall–Kier alpha value is -1.85. The number of aromatic nitrogens is 2. The van der Waals surface area contributed by atoms with Gasteiger partial charge in [0.25, 0.3) is 0 Å². The van der Waals surface area contributed by atoms with Gasteiger partial charge in [0.15, 0.2) is 5.82 Å². The minimum Gasteiger partial charge on any atom is -0.369 e. The van der Waals surface area contributed by atoms with Crippen LogP contribution in [0.1, 0.15) is 13.8 Å². The normalized spacial score (nSPS) is 15.7. The molecule has 0 aliphatic carbocycles. The average molecular weight is 249 g/mol. The van der Waals surface area contributed by atoms with Gasteiger partial charge in [-0.25, -0.2) is 0 Å². The standard InChI is InChI=1S/C12H19N5O/c1-3-13-11-4-5-12(15-14-11)17-8-6-16(7-9-17)10(2)18/h4-5H,3,6-9H2,1-2H3,(H,13,14). The van der Waals surface area contributed by atoms with Crippen molar-refractivity contribution in [2.24, 2.45) is 0 Å². The fraction of sp³-hybridized carbons (Fsp3) is 0.583. The van der Waals surface area contributed by atoms with Crippen molar-refractivity contribution in [2.75, 3.05) is 42.9 Å². The molecular weight excluding hydrogens is 230 g/mol. The Morgan fingerprint density at radius 1 is 1.28 bits per heavy atom. The van der Waals surface area contributed by atoms with Crippen molar-refractivity contribution in [1.29, 1.82) is 0 Å². The minimum atomic E-state index is 0.142. The summed E-state index contributed by atoms with van der Waals surface area (Å²) in [7, 11) is 0. The number of nitrogens with zero attached hydrogens (tertiary/aromatic N) is 4. The molecule has 0 atom stereocenters. The summed E-state index contributed by atoms with van der Waals surface area (Å²) in [6, 6.07) is 3.90. The molecule has 1 aromatic heterocycles. The molecule has 0 unspecified atom stereocenters. The summed E-state index contributed by atoms with van der Waals surface area (Å²) in [5.74, 6) is 1.81. The Morgan fingerprint density at radius 3 is 2.50 bits per heavy atom. The first-order chi connectivity index (χ1) is 8.70. The summed E-state index contributed by atoms with van der Waals surface area (Å²) in [6.07, 6.45) is 0. The number of carbonyl (C=O) groups is 1. The lowest BCUT2D eigenvalue weighted by atomic mass is 10.3. The summed E-state index contributed by atoms with van der Waals surface area (Å²) < 4.78 is 0. The number of anilines is 2. The van der Waals surface area contributed by atoms with E-state index >= 15 is 0 Å². The maximum absolute atomic E-state index is 11.2. The molecular formula is C12H19N5O. The van der Waals surface area contributed by atoms with Gasteiger partial charge in [-0.2, -0.15) is 0 Å². The number of hydrogen-bond donors (Lipinski definition) is 1. The number of amides is 1. The topological polar surface area (TPSA) is 61.4 Å². The van der Waals surface area contributed by atoms with Crippen molar-refractivity contribution in [3.8, 4) is 0 Å². The summed E-state index contributed by atoms with van der Waals surface area (Å²) in [6.45, 7) is 7.62. The van der Waals surface area contributed by atoms with Crippen molar-refractivity contribution in [3.63, 3.8) is 0 Å². The average Bonchev–Trinajstić information content (AvgIpc) is 2.40. The highest BCUT2D eigenvalue weighted by Crippen LogP contribution is 2.14. The first kappa shape index (κ1) is 12.6. The number of carbonyl (C=O) groups excluding carboxylic acids is 1. The third-order valence-corrected chi connectivity index (χ3v) is 3.06. The monoisotopic (exact) mass is 249 g/mol. The van der Waals surface area contributed by atoms with E-state index in [-0.39, 0.29) is 5.91 Å². The van der Waals surface area contributed by atoms with E-state index in [1.807, 2.05) is 24.0 Å². The van der Waals surface area contributed by atoms with Crippen LogP contribution in [-0.4, -0.2) is 53.7 Å². The Morgan fingerprint density at radius 2 is 2.00 bits per heavy atom. The second kappa shape index (κ2) is 5.66. The molecule has 2 rings (SSSR count). The van der Waals surface area contributed by atoms with Crippen LogP contribution in [0.3, 0.4) is 0 Å². The molecule has 1 N–H and O–H groups in total. The van der Waals surface area contributed by atoms with E-state index in [4.69, 9.17) is 0 Å². The van der Waals surface area contributed by atoms with E-state index in [0.29, 0.717) is 0 Å². The maximum atomic E-state index is 11.2. The summed E-state index contributed by atoms with van der Waals surface area (Å²) in [4.78, 5) is 15.2. The molecule has 0 aromatic carbocycles. The molecule has 1 saturated heterocycles. The number of nitrogens with one attached hydrogen (secondary N) is 1. The lowest BCUT2D eigenvalue weighted by Gasteiger charge is -2.34. The molecule has 1 aromatic rings. The van der Waals surface area contributed by atoms with E-state index in [1.165, 1.54) is 0 Å². The highest BCUT2D eigenvalue weighted by Gasteiger charge is 2.19. The number of piperazine rings is 1. The molecule has 6 nitrogen and oxygen atoms in total. The van der Waals surface area contributed by atoms with Crippen molar-refractivity contribution >= 4 is 17.5 Å². The highest BCUT2D eigenvalue weighted by atomic mass is 16.2. The van der Waals surface area contributed by atoms with Gasteiger partial charge in [-0.1, -0.05) is 0 Å². The van der Waals surface area contributed by atoms with Gasteiger partial charge in [0.05, 0.1) is 0 Å². The lowest BCUT2D eigenvalue weighted by Crippen LogP contribution is -2.48. The van der Waals surface area contributed by atoms with Gasteiger partial charge in [0.2, 0.25) is 5.91 Å². The predicted octanol–water partition coefficient (Wildman–Crippen LogP) is 0.577. The van der Waals surface area contributed by atoms with E-state index in [1.54, 1.807) is 6.92 Å². The van der Waals surface area contributed by atoms with Crippen molar-refractivity contribution < 1.29 is 4.79 Å². The molecule has 0 bridgehead atoms. The zero-order chi connectivity index (χ0) is 13.0. The first-order valence-electron chi connectivity index (χ1n) is 6.28. The molecule has 1 aliphatic rings. The van der Waals surface area contributed by atoms with Crippen LogP contribution in [0.5, 0.6) is 0 Å². The zero-order valence-corrected chi connectivity index (χ0v) is 10.9. The molecule has 98 valence electrons. The van der Waals surface area contributed by atoms with Crippen LogP contribution in [0.4, 0.5) is 11.6 Å². The molecule has 18 heavy (non-hydrogen) atoms. The van der Waals surface area contributed by atoms with Crippen LogP contribution in [-0.2, 0) is 4.79 Å². The fourth-order valence-corrected chi connectivity index (χ4v) is 2.02. The van der Waals surface area contributed by atoms with Crippen molar-refractivity contribution in [3.05, 3.63) is 12.1 Å². The highest BCUT2D eigenvalue weighted by molar-refractivity contribution is 5.73. The SMILES string of the molecule is CCNc1ccc(N2CCN(C(C)=O)CC2)nn1. The molecule has 1 amide bonds.